The smallest absolute Gasteiger partial charge is 0.181 e. The van der Waals surface area contributed by atoms with Crippen molar-refractivity contribution in [3.05, 3.63) is 84.4 Å². The molecule has 0 aliphatic rings. The van der Waals surface area contributed by atoms with Gasteiger partial charge in [0.1, 0.15) is 0 Å². The molecule has 0 atom stereocenters. The highest BCUT2D eigenvalue weighted by Crippen LogP contribution is 2.27. The molecule has 0 amide bonds. The van der Waals surface area contributed by atoms with E-state index in [2.05, 4.69) is 104 Å². The molecule has 0 unspecified atom stereocenters. The zero-order valence-corrected chi connectivity index (χ0v) is 20.3. The number of allylic oxidation sites excluding steroid dienone is 1. The van der Waals surface area contributed by atoms with E-state index in [9.17, 15) is 0 Å². The second kappa shape index (κ2) is 11.8. The van der Waals surface area contributed by atoms with Crippen LogP contribution in [0.25, 0.3) is 11.3 Å². The number of benzene rings is 2. The first-order chi connectivity index (χ1) is 15.4. The summed E-state index contributed by atoms with van der Waals surface area (Å²) >= 11 is 1.86. The molecule has 2 aromatic carbocycles. The van der Waals surface area contributed by atoms with Crippen LogP contribution in [0.4, 0.5) is 0 Å². The van der Waals surface area contributed by atoms with Crippen LogP contribution in [0, 0.1) is 17.3 Å². The molecule has 0 fully saturated rings. The Morgan fingerprint density at radius 3 is 2.66 bits per heavy atom. The van der Waals surface area contributed by atoms with Crippen LogP contribution < -0.4 is 0 Å². The Hall–Kier alpha value is -2.74. The first-order valence-corrected chi connectivity index (χ1v) is 12.0. The molecule has 4 heteroatoms. The maximum Gasteiger partial charge on any atom is 0.181 e. The molecule has 0 N–H and O–H groups in total. The van der Waals surface area contributed by atoms with Crippen LogP contribution in [-0.4, -0.2) is 23.0 Å². The summed E-state index contributed by atoms with van der Waals surface area (Å²) in [5, 5.41) is 0. The zero-order chi connectivity index (χ0) is 22.8. The third-order valence-electron chi connectivity index (χ3n) is 4.81. The van der Waals surface area contributed by atoms with E-state index in [1.807, 2.05) is 17.8 Å². The van der Waals surface area contributed by atoms with Crippen molar-refractivity contribution in [1.82, 2.24) is 9.88 Å². The van der Waals surface area contributed by atoms with E-state index in [1.165, 1.54) is 22.4 Å². The number of aromatic nitrogens is 1. The second-order valence-corrected chi connectivity index (χ2v) is 9.80. The van der Waals surface area contributed by atoms with Crippen LogP contribution >= 0.6 is 11.8 Å². The lowest BCUT2D eigenvalue weighted by atomic mass is 9.98. The van der Waals surface area contributed by atoms with Crippen LogP contribution in [0.3, 0.4) is 0 Å². The fourth-order valence-corrected chi connectivity index (χ4v) is 4.08. The summed E-state index contributed by atoms with van der Waals surface area (Å²) in [5.74, 6) is 8.11. The topological polar surface area (TPSA) is 29.3 Å². The van der Waals surface area contributed by atoms with Gasteiger partial charge in [-0.05, 0) is 62.7 Å². The molecule has 1 aromatic heterocycles. The van der Waals surface area contributed by atoms with E-state index < -0.39 is 0 Å². The third kappa shape index (κ3) is 8.07. The monoisotopic (exact) mass is 444 g/mol. The van der Waals surface area contributed by atoms with Gasteiger partial charge in [-0.25, -0.2) is 4.98 Å². The minimum atomic E-state index is 0.0458. The average Bonchev–Trinajstić information content (AvgIpc) is 3.31. The summed E-state index contributed by atoms with van der Waals surface area (Å²) in [7, 11) is 0. The lowest BCUT2D eigenvalue weighted by Gasteiger charge is -2.18. The quantitative estimate of drug-likeness (QED) is 0.261. The fourth-order valence-electron chi connectivity index (χ4n) is 3.16. The van der Waals surface area contributed by atoms with Gasteiger partial charge >= 0.3 is 0 Å². The van der Waals surface area contributed by atoms with Crippen molar-refractivity contribution >= 4 is 11.8 Å². The van der Waals surface area contributed by atoms with Crippen molar-refractivity contribution in [1.29, 1.82) is 0 Å². The summed E-state index contributed by atoms with van der Waals surface area (Å²) in [6.45, 7) is 11.4. The van der Waals surface area contributed by atoms with Gasteiger partial charge in [-0.3, -0.25) is 4.90 Å². The molecule has 0 radical (unpaired) electrons. The molecule has 0 aliphatic heterocycles. The van der Waals surface area contributed by atoms with Gasteiger partial charge in [0.05, 0.1) is 6.20 Å². The van der Waals surface area contributed by atoms with Crippen molar-refractivity contribution in [2.24, 2.45) is 5.41 Å². The molecule has 0 saturated carbocycles. The van der Waals surface area contributed by atoms with Gasteiger partial charge in [-0.1, -0.05) is 55.2 Å². The Balaban J connectivity index is 1.56. The number of hydrogen-bond donors (Lipinski definition) is 0. The predicted octanol–water partition coefficient (Wildman–Crippen LogP) is 7.06. The Labute approximate surface area is 196 Å². The minimum absolute atomic E-state index is 0.0458. The van der Waals surface area contributed by atoms with Gasteiger partial charge in [-0.15, -0.1) is 11.8 Å². The summed E-state index contributed by atoms with van der Waals surface area (Å²) in [6.07, 6.45) is 7.36. The van der Waals surface area contributed by atoms with Crippen LogP contribution in [0.2, 0.25) is 0 Å². The maximum absolute atomic E-state index is 5.42. The number of rotatable bonds is 9. The van der Waals surface area contributed by atoms with Crippen LogP contribution in [0.5, 0.6) is 0 Å². The normalized spacial score (nSPS) is 11.7. The Morgan fingerprint density at radius 2 is 1.91 bits per heavy atom. The van der Waals surface area contributed by atoms with Gasteiger partial charge < -0.3 is 4.42 Å². The first kappa shape index (κ1) is 23.9. The molecule has 0 aliphatic carbocycles. The van der Waals surface area contributed by atoms with Crippen LogP contribution in [0.1, 0.15) is 38.8 Å². The fraction of sp³-hybridized carbons (Fsp3) is 0.321. The Bertz CT molecular complexity index is 1070. The van der Waals surface area contributed by atoms with Crippen molar-refractivity contribution in [3.63, 3.8) is 0 Å². The molecular weight excluding hydrogens is 412 g/mol. The highest BCUT2D eigenvalue weighted by molar-refractivity contribution is 7.98. The molecule has 1 heterocycles. The van der Waals surface area contributed by atoms with Crippen molar-refractivity contribution < 1.29 is 4.42 Å². The molecule has 0 spiro atoms. The largest absolute Gasteiger partial charge is 0.444 e. The average molecular weight is 445 g/mol. The predicted molar refractivity (Wildman–Crippen MR) is 135 cm³/mol. The molecule has 3 aromatic rings. The number of hydrogen-bond acceptors (Lipinski definition) is 4. The Morgan fingerprint density at radius 1 is 1.09 bits per heavy atom. The van der Waals surface area contributed by atoms with Gasteiger partial charge in [0.25, 0.3) is 0 Å². The molecule has 0 saturated heterocycles. The van der Waals surface area contributed by atoms with Gasteiger partial charge in [0, 0.05) is 34.7 Å². The van der Waals surface area contributed by atoms with Crippen molar-refractivity contribution in [2.75, 3.05) is 13.1 Å². The van der Waals surface area contributed by atoms with Gasteiger partial charge in [0.2, 0.25) is 0 Å². The molecule has 3 rings (SSSR count). The maximum atomic E-state index is 5.42. The van der Waals surface area contributed by atoms with Gasteiger partial charge in [0.15, 0.2) is 12.2 Å². The lowest BCUT2D eigenvalue weighted by molar-refractivity contribution is 0.311. The highest BCUT2D eigenvalue weighted by Gasteiger charge is 2.06. The van der Waals surface area contributed by atoms with E-state index >= 15 is 0 Å². The molecule has 3 nitrogen and oxygen atoms in total. The molecular formula is C28H32N2OS. The van der Waals surface area contributed by atoms with E-state index in [4.69, 9.17) is 4.42 Å². The number of nitrogens with zero attached hydrogens (tertiary/aromatic N) is 2. The summed E-state index contributed by atoms with van der Waals surface area (Å²) < 4.78 is 5.42. The van der Waals surface area contributed by atoms with E-state index in [-0.39, 0.29) is 5.41 Å². The van der Waals surface area contributed by atoms with E-state index in [1.54, 1.807) is 6.20 Å². The summed E-state index contributed by atoms with van der Waals surface area (Å²) in [4.78, 5) is 7.72. The molecule has 166 valence electrons. The zero-order valence-electron chi connectivity index (χ0n) is 19.5. The van der Waals surface area contributed by atoms with Crippen molar-refractivity contribution in [3.8, 4) is 23.2 Å². The van der Waals surface area contributed by atoms with E-state index in [0.29, 0.717) is 0 Å². The van der Waals surface area contributed by atoms with E-state index in [0.717, 1.165) is 36.7 Å². The van der Waals surface area contributed by atoms with Crippen molar-refractivity contribution in [2.45, 2.75) is 44.9 Å². The summed E-state index contributed by atoms with van der Waals surface area (Å²) in [6, 6.07) is 17.3. The number of likely N-dealkylation sites (N-methyl/N-ethyl adjacent to an activating group) is 1. The Kier molecular flexibility index (Phi) is 8.79. The number of thioether (sulfide) groups is 1. The first-order valence-electron chi connectivity index (χ1n) is 11.0. The highest BCUT2D eigenvalue weighted by atomic mass is 32.2. The second-order valence-electron chi connectivity index (χ2n) is 8.75. The molecule has 0 bridgehead atoms. The van der Waals surface area contributed by atoms with Crippen LogP contribution in [-0.2, 0) is 12.3 Å². The van der Waals surface area contributed by atoms with Gasteiger partial charge in [-0.2, -0.15) is 0 Å². The SMILES string of the molecule is CCN(C/C=C/C#CC(C)(C)C)Cc1cccc(SCc2cccc(-c3cnco3)c2)c1. The standard InChI is InChI=1S/C28H32N2OS/c1-5-30(16-8-6-7-15-28(2,3)4)20-23-11-10-14-26(18-23)32-21-24-12-9-13-25(17-24)27-19-29-22-31-27/h6,8-14,17-19,22H,5,16,20-21H2,1-4H3/b8-6+. The minimum Gasteiger partial charge on any atom is -0.444 e. The lowest BCUT2D eigenvalue weighted by Crippen LogP contribution is -2.22. The third-order valence-corrected chi connectivity index (χ3v) is 5.88. The molecule has 32 heavy (non-hydrogen) atoms. The van der Waals surface area contributed by atoms with Crippen LogP contribution in [0.15, 0.2) is 82.6 Å². The number of oxazole rings is 1. The summed E-state index contributed by atoms with van der Waals surface area (Å²) in [5.41, 5.74) is 3.71.